The second kappa shape index (κ2) is 16.9. The van der Waals surface area contributed by atoms with E-state index in [0.717, 1.165) is 6.42 Å². The maximum absolute atomic E-state index is 13.0. The molecule has 0 unspecified atom stereocenters. The first-order valence-corrected chi connectivity index (χ1v) is 12.2. The number of hydrogen-bond donors (Lipinski definition) is 1. The quantitative estimate of drug-likeness (QED) is 0.0826. The van der Waals surface area contributed by atoms with Crippen LogP contribution in [0.25, 0.3) is 0 Å². The summed E-state index contributed by atoms with van der Waals surface area (Å²) in [7, 11) is -3.98. The topological polar surface area (TPSA) is 133 Å². The van der Waals surface area contributed by atoms with Gasteiger partial charge in [0.1, 0.15) is 18.6 Å². The van der Waals surface area contributed by atoms with Crippen LogP contribution in [0.4, 0.5) is 0 Å². The number of rotatable bonds is 17. The van der Waals surface area contributed by atoms with Crippen molar-refractivity contribution in [3.8, 4) is 0 Å². The van der Waals surface area contributed by atoms with Crippen LogP contribution < -0.4 is 0 Å². The minimum absolute atomic E-state index is 0. The fourth-order valence-electron chi connectivity index (χ4n) is 2.63. The van der Waals surface area contributed by atoms with Crippen molar-refractivity contribution in [3.05, 3.63) is 24.3 Å². The van der Waals surface area contributed by atoms with E-state index in [-0.39, 0.29) is 62.0 Å². The van der Waals surface area contributed by atoms with Gasteiger partial charge in [0.25, 0.3) is 10.1 Å². The van der Waals surface area contributed by atoms with Gasteiger partial charge in [-0.1, -0.05) is 45.8 Å². The summed E-state index contributed by atoms with van der Waals surface area (Å²) in [5, 5.41) is 0. The zero-order valence-corrected chi connectivity index (χ0v) is 20.1. The molecule has 0 aromatic heterocycles. The van der Waals surface area contributed by atoms with Crippen LogP contribution in [0.3, 0.4) is 0 Å². The molecule has 0 saturated heterocycles. The van der Waals surface area contributed by atoms with Crippen LogP contribution in [0.15, 0.2) is 24.3 Å². The molecule has 0 atom stereocenters. The van der Waals surface area contributed by atoms with Crippen molar-refractivity contribution in [2.45, 2.75) is 65.7 Å². The molecule has 11 heteroatoms. The number of unbranched alkanes of at least 4 members (excludes halogenated alkanes) is 4. The normalized spacial score (nSPS) is 11.2. The van der Waals surface area contributed by atoms with Gasteiger partial charge in [-0.2, -0.15) is 8.42 Å². The molecule has 33 heavy (non-hydrogen) atoms. The maximum atomic E-state index is 13.0. The van der Waals surface area contributed by atoms with Gasteiger partial charge in [0.05, 0.1) is 12.4 Å². The molecule has 0 aromatic carbocycles. The molecular formula is C22H37LiO9S. The van der Waals surface area contributed by atoms with Gasteiger partial charge in [-0.3, -0.25) is 9.35 Å². The molecule has 1 N–H and O–H groups in total. The van der Waals surface area contributed by atoms with E-state index in [9.17, 15) is 22.8 Å². The van der Waals surface area contributed by atoms with E-state index in [1.165, 1.54) is 13.8 Å². The third kappa shape index (κ3) is 15.0. The Morgan fingerprint density at radius 2 is 1.33 bits per heavy atom. The van der Waals surface area contributed by atoms with Gasteiger partial charge in [0, 0.05) is 11.1 Å². The second-order valence-corrected chi connectivity index (χ2v) is 9.51. The van der Waals surface area contributed by atoms with Crippen molar-refractivity contribution in [1.82, 2.24) is 0 Å². The summed E-state index contributed by atoms with van der Waals surface area (Å²) in [6.07, 6.45) is 3.58. The molecule has 0 amide bonds. The fourth-order valence-corrected chi connectivity index (χ4v) is 3.20. The van der Waals surface area contributed by atoms with E-state index in [2.05, 4.69) is 13.2 Å². The molecule has 0 aliphatic carbocycles. The van der Waals surface area contributed by atoms with Gasteiger partial charge in [-0.15, -0.1) is 0 Å². The van der Waals surface area contributed by atoms with E-state index in [4.69, 9.17) is 18.8 Å². The van der Waals surface area contributed by atoms with Crippen LogP contribution in [0.2, 0.25) is 0 Å². The predicted octanol–water partition coefficient (Wildman–Crippen LogP) is 2.74. The van der Waals surface area contributed by atoms with E-state index in [1.807, 2.05) is 6.92 Å². The van der Waals surface area contributed by atoms with Gasteiger partial charge in [0.15, 0.2) is 0 Å². The van der Waals surface area contributed by atoms with E-state index < -0.39 is 33.4 Å². The minimum atomic E-state index is -3.98. The fraction of sp³-hybridized carbons (Fsp3) is 0.682. The Bertz CT molecular complexity index is 745. The summed E-state index contributed by atoms with van der Waals surface area (Å²) >= 11 is 0. The molecule has 186 valence electrons. The van der Waals surface area contributed by atoms with Crippen molar-refractivity contribution in [1.29, 1.82) is 0 Å². The Morgan fingerprint density at radius 1 is 0.848 bits per heavy atom. The van der Waals surface area contributed by atoms with Crippen LogP contribution in [0.5, 0.6) is 0 Å². The Hall–Kier alpha value is -1.60. The molecule has 0 rings (SSSR count). The number of carbonyl (C=O) groups is 3. The zero-order valence-electron chi connectivity index (χ0n) is 19.3. The molecule has 0 aromatic rings. The molecule has 0 fully saturated rings. The van der Waals surface area contributed by atoms with Crippen LogP contribution >= 0.6 is 0 Å². The molecule has 0 spiro atoms. The number of esters is 3. The Kier molecular flexibility index (Phi) is 17.2. The molecular weight excluding hydrogens is 447 g/mol. The van der Waals surface area contributed by atoms with Gasteiger partial charge in [0.2, 0.25) is 0 Å². The predicted molar refractivity (Wildman–Crippen MR) is 126 cm³/mol. The van der Waals surface area contributed by atoms with E-state index in [0.29, 0.717) is 32.1 Å². The van der Waals surface area contributed by atoms with Crippen LogP contribution in [0, 0.1) is 5.41 Å². The summed E-state index contributed by atoms with van der Waals surface area (Å²) in [4.78, 5) is 36.8. The first-order chi connectivity index (χ1) is 14.8. The molecule has 0 bridgehead atoms. The Morgan fingerprint density at radius 3 is 1.76 bits per heavy atom. The number of hydrogen-bond acceptors (Lipinski definition) is 8. The molecule has 9 nitrogen and oxygen atoms in total. The standard InChI is InChI=1S/C22H36O9S.Li.H/c1-6-7-12-22(15-30-19(23)17(2)3,16-31-20(24)18(4)5)21(25)29-13-10-8-9-11-14-32(26,27)28;;/h2,4,6-16H2,1,3,5H3,(H,26,27,28);;. The molecule has 0 radical (unpaired) electrons. The average Bonchev–Trinajstić information content (AvgIpc) is 2.70. The second-order valence-electron chi connectivity index (χ2n) is 7.93. The first-order valence-electron chi connectivity index (χ1n) is 10.6. The van der Waals surface area contributed by atoms with E-state index >= 15 is 0 Å². The summed E-state index contributed by atoms with van der Waals surface area (Å²) in [6.45, 7) is 11.4. The SMILES string of the molecule is C=C(C)C(=O)OCC(CCCC)(COC(=O)C(=C)C)C(=O)OCCCCCCS(=O)(=O)O.[LiH]. The molecule has 0 aliphatic heterocycles. The van der Waals surface area contributed by atoms with Gasteiger partial charge in [-0.05, 0) is 33.1 Å². The van der Waals surface area contributed by atoms with Crippen molar-refractivity contribution >= 4 is 46.9 Å². The average molecular weight is 485 g/mol. The summed E-state index contributed by atoms with van der Waals surface area (Å²) in [5.41, 5.74) is -1.02. The van der Waals surface area contributed by atoms with Crippen LogP contribution in [-0.2, 0) is 38.7 Å². The monoisotopic (exact) mass is 484 g/mol. The first kappa shape index (κ1) is 33.6. The number of carbonyl (C=O) groups excluding carboxylic acids is 3. The van der Waals surface area contributed by atoms with Gasteiger partial charge in [-0.25, -0.2) is 9.59 Å². The third-order valence-corrected chi connectivity index (χ3v) is 5.43. The molecule has 0 heterocycles. The van der Waals surface area contributed by atoms with Crippen LogP contribution in [0.1, 0.15) is 65.7 Å². The Balaban J connectivity index is 0. The van der Waals surface area contributed by atoms with Crippen molar-refractivity contribution in [3.63, 3.8) is 0 Å². The zero-order chi connectivity index (χ0) is 24.8. The van der Waals surface area contributed by atoms with E-state index in [1.54, 1.807) is 0 Å². The Labute approximate surface area is 209 Å². The van der Waals surface area contributed by atoms with Crippen LogP contribution in [-0.4, -0.2) is 75.3 Å². The van der Waals surface area contributed by atoms with Crippen molar-refractivity contribution < 1.29 is 41.6 Å². The van der Waals surface area contributed by atoms with Gasteiger partial charge >= 0.3 is 36.8 Å². The number of ether oxygens (including phenoxy) is 3. The van der Waals surface area contributed by atoms with Crippen molar-refractivity contribution in [2.24, 2.45) is 5.41 Å². The molecule has 0 saturated carbocycles. The third-order valence-electron chi connectivity index (χ3n) is 4.63. The summed E-state index contributed by atoms with van der Waals surface area (Å²) < 4.78 is 46.0. The summed E-state index contributed by atoms with van der Waals surface area (Å²) in [6, 6.07) is 0. The summed E-state index contributed by atoms with van der Waals surface area (Å²) in [5.74, 6) is -2.28. The van der Waals surface area contributed by atoms with Crippen molar-refractivity contribution in [2.75, 3.05) is 25.6 Å². The van der Waals surface area contributed by atoms with Gasteiger partial charge < -0.3 is 14.2 Å². The molecule has 0 aliphatic rings.